The Kier molecular flexibility index (Phi) is 2.87. The van der Waals surface area contributed by atoms with Crippen LogP contribution in [0.15, 0.2) is 17.0 Å². The average Bonchev–Trinajstić information content (AvgIpc) is 2.03. The first-order valence-corrected chi connectivity index (χ1v) is 4.71. The minimum Gasteiger partial charge on any atom is -0.298 e. The molecule has 64 valence electrons. The lowest BCUT2D eigenvalue weighted by Crippen LogP contribution is -1.91. The number of benzene rings is 1. The van der Waals surface area contributed by atoms with Gasteiger partial charge in [0.1, 0.15) is 5.82 Å². The SMILES string of the molecule is CSc1c(F)cc(C)cc1C=O. The number of carbonyl (C=O) groups excluding carboxylic acids is 1. The van der Waals surface area contributed by atoms with Gasteiger partial charge in [0, 0.05) is 5.56 Å². The molecular formula is C9H9FOS. The normalized spacial score (nSPS) is 9.92. The second kappa shape index (κ2) is 3.72. The number of aldehydes is 1. The zero-order valence-corrected chi connectivity index (χ0v) is 7.74. The third-order valence-corrected chi connectivity index (χ3v) is 2.39. The fraction of sp³-hybridized carbons (Fsp3) is 0.222. The van der Waals surface area contributed by atoms with Crippen LogP contribution < -0.4 is 0 Å². The molecule has 0 atom stereocenters. The highest BCUT2D eigenvalue weighted by atomic mass is 32.2. The lowest BCUT2D eigenvalue weighted by molar-refractivity contribution is 0.112. The van der Waals surface area contributed by atoms with Crippen molar-refractivity contribution in [2.75, 3.05) is 6.26 Å². The maximum absolute atomic E-state index is 13.1. The molecular weight excluding hydrogens is 175 g/mol. The summed E-state index contributed by atoms with van der Waals surface area (Å²) in [5.41, 5.74) is 1.20. The van der Waals surface area contributed by atoms with E-state index in [4.69, 9.17) is 0 Å². The number of thioether (sulfide) groups is 1. The summed E-state index contributed by atoms with van der Waals surface area (Å²) < 4.78 is 13.1. The highest BCUT2D eigenvalue weighted by Gasteiger charge is 2.07. The van der Waals surface area contributed by atoms with Crippen molar-refractivity contribution < 1.29 is 9.18 Å². The fourth-order valence-electron chi connectivity index (χ4n) is 1.06. The molecule has 0 aliphatic rings. The molecule has 0 saturated heterocycles. The molecule has 0 heterocycles. The maximum Gasteiger partial charge on any atom is 0.151 e. The van der Waals surface area contributed by atoms with Crippen molar-refractivity contribution in [3.8, 4) is 0 Å². The third-order valence-electron chi connectivity index (χ3n) is 1.55. The van der Waals surface area contributed by atoms with Crippen LogP contribution in [-0.4, -0.2) is 12.5 Å². The molecule has 1 rings (SSSR count). The summed E-state index contributed by atoms with van der Waals surface area (Å²) in [5.74, 6) is -0.315. The molecule has 0 unspecified atom stereocenters. The van der Waals surface area contributed by atoms with Crippen LogP contribution in [0.5, 0.6) is 0 Å². The minimum atomic E-state index is -0.315. The fourth-order valence-corrected chi connectivity index (χ4v) is 1.66. The van der Waals surface area contributed by atoms with E-state index in [9.17, 15) is 9.18 Å². The molecule has 1 aromatic carbocycles. The van der Waals surface area contributed by atoms with Crippen LogP contribution >= 0.6 is 11.8 Å². The Morgan fingerprint density at radius 1 is 1.50 bits per heavy atom. The molecule has 3 heteroatoms. The molecule has 0 aliphatic carbocycles. The number of halogens is 1. The maximum atomic E-state index is 13.1. The van der Waals surface area contributed by atoms with Gasteiger partial charge in [-0.25, -0.2) is 4.39 Å². The highest BCUT2D eigenvalue weighted by molar-refractivity contribution is 7.98. The molecule has 12 heavy (non-hydrogen) atoms. The van der Waals surface area contributed by atoms with Crippen LogP contribution in [0.3, 0.4) is 0 Å². The van der Waals surface area contributed by atoms with Gasteiger partial charge in [-0.15, -0.1) is 11.8 Å². The second-order valence-corrected chi connectivity index (χ2v) is 3.30. The first kappa shape index (κ1) is 9.26. The van der Waals surface area contributed by atoms with E-state index in [1.165, 1.54) is 17.8 Å². The van der Waals surface area contributed by atoms with Gasteiger partial charge in [-0.1, -0.05) is 0 Å². The average molecular weight is 184 g/mol. The summed E-state index contributed by atoms with van der Waals surface area (Å²) in [4.78, 5) is 10.9. The molecule has 1 aromatic rings. The van der Waals surface area contributed by atoms with Gasteiger partial charge in [-0.05, 0) is 30.9 Å². The molecule has 0 spiro atoms. The van der Waals surface area contributed by atoms with Gasteiger partial charge in [0.2, 0.25) is 0 Å². The third kappa shape index (κ3) is 1.67. The number of hydrogen-bond donors (Lipinski definition) is 0. The van der Waals surface area contributed by atoms with Gasteiger partial charge in [0.05, 0.1) is 4.90 Å². The molecule has 0 saturated carbocycles. The summed E-state index contributed by atoms with van der Waals surface area (Å²) >= 11 is 1.25. The standard InChI is InChI=1S/C9H9FOS/c1-6-3-7(5-11)9(12-2)8(10)4-6/h3-5H,1-2H3. The molecule has 1 nitrogen and oxygen atoms in total. The summed E-state index contributed by atoms with van der Waals surface area (Å²) in [6.45, 7) is 1.76. The van der Waals surface area contributed by atoms with E-state index in [-0.39, 0.29) is 5.82 Å². The van der Waals surface area contributed by atoms with E-state index in [0.29, 0.717) is 16.7 Å². The second-order valence-electron chi connectivity index (χ2n) is 2.49. The van der Waals surface area contributed by atoms with Crippen LogP contribution in [0.25, 0.3) is 0 Å². The summed E-state index contributed by atoms with van der Waals surface area (Å²) in [6.07, 6.45) is 2.43. The van der Waals surface area contributed by atoms with Crippen LogP contribution in [0.2, 0.25) is 0 Å². The number of hydrogen-bond acceptors (Lipinski definition) is 2. The molecule has 0 amide bonds. The van der Waals surface area contributed by atoms with E-state index < -0.39 is 0 Å². The van der Waals surface area contributed by atoms with Crippen molar-refractivity contribution in [3.05, 3.63) is 29.1 Å². The molecule has 0 bridgehead atoms. The van der Waals surface area contributed by atoms with Gasteiger partial charge >= 0.3 is 0 Å². The van der Waals surface area contributed by atoms with E-state index in [2.05, 4.69) is 0 Å². The number of carbonyl (C=O) groups is 1. The van der Waals surface area contributed by atoms with Crippen molar-refractivity contribution in [2.45, 2.75) is 11.8 Å². The summed E-state index contributed by atoms with van der Waals surface area (Å²) in [7, 11) is 0. The van der Waals surface area contributed by atoms with Gasteiger partial charge in [-0.2, -0.15) is 0 Å². The Morgan fingerprint density at radius 3 is 2.67 bits per heavy atom. The lowest BCUT2D eigenvalue weighted by atomic mass is 10.1. The van der Waals surface area contributed by atoms with Crippen LogP contribution in [-0.2, 0) is 0 Å². The first-order valence-electron chi connectivity index (χ1n) is 3.48. The first-order chi connectivity index (χ1) is 5.69. The Bertz CT molecular complexity index is 310. The van der Waals surface area contributed by atoms with Crippen molar-refractivity contribution in [1.29, 1.82) is 0 Å². The van der Waals surface area contributed by atoms with Crippen molar-refractivity contribution in [1.82, 2.24) is 0 Å². The summed E-state index contributed by atoms with van der Waals surface area (Å²) in [6, 6.07) is 3.11. The number of rotatable bonds is 2. The van der Waals surface area contributed by atoms with E-state index >= 15 is 0 Å². The van der Waals surface area contributed by atoms with Gasteiger partial charge in [0.15, 0.2) is 6.29 Å². The van der Waals surface area contributed by atoms with Gasteiger partial charge in [-0.3, -0.25) is 4.79 Å². The number of aryl methyl sites for hydroxylation is 1. The monoisotopic (exact) mass is 184 g/mol. The van der Waals surface area contributed by atoms with Gasteiger partial charge in [0.25, 0.3) is 0 Å². The molecule has 0 aromatic heterocycles. The van der Waals surface area contributed by atoms with Crippen LogP contribution in [0, 0.1) is 12.7 Å². The Balaban J connectivity index is 3.33. The molecule has 0 fully saturated rings. The minimum absolute atomic E-state index is 0.315. The predicted molar refractivity (Wildman–Crippen MR) is 48.3 cm³/mol. The Morgan fingerprint density at radius 2 is 2.17 bits per heavy atom. The molecule has 0 N–H and O–H groups in total. The van der Waals surface area contributed by atoms with E-state index in [0.717, 1.165) is 5.56 Å². The largest absolute Gasteiger partial charge is 0.298 e. The van der Waals surface area contributed by atoms with Gasteiger partial charge < -0.3 is 0 Å². The molecule has 0 radical (unpaired) electrons. The predicted octanol–water partition coefficient (Wildman–Crippen LogP) is 2.67. The smallest absolute Gasteiger partial charge is 0.151 e. The van der Waals surface area contributed by atoms with Crippen molar-refractivity contribution >= 4 is 18.0 Å². The van der Waals surface area contributed by atoms with E-state index in [1.54, 1.807) is 19.2 Å². The lowest BCUT2D eigenvalue weighted by Gasteiger charge is -2.03. The highest BCUT2D eigenvalue weighted by Crippen LogP contribution is 2.23. The topological polar surface area (TPSA) is 17.1 Å². The Labute approximate surface area is 75.0 Å². The summed E-state index contributed by atoms with van der Waals surface area (Å²) in [5, 5.41) is 0. The van der Waals surface area contributed by atoms with Crippen molar-refractivity contribution in [3.63, 3.8) is 0 Å². The molecule has 0 aliphatic heterocycles. The Hall–Kier alpha value is -0.830. The van der Waals surface area contributed by atoms with Crippen LogP contribution in [0.1, 0.15) is 15.9 Å². The van der Waals surface area contributed by atoms with Crippen molar-refractivity contribution in [2.24, 2.45) is 0 Å². The zero-order chi connectivity index (χ0) is 9.14. The van der Waals surface area contributed by atoms with Crippen LogP contribution in [0.4, 0.5) is 4.39 Å². The van der Waals surface area contributed by atoms with E-state index in [1.807, 2.05) is 0 Å². The quantitative estimate of drug-likeness (QED) is 0.519. The zero-order valence-electron chi connectivity index (χ0n) is 6.93.